The number of carbonyl (C=O) groups excluding carboxylic acids is 1. The van der Waals surface area contributed by atoms with Crippen LogP contribution in [0.4, 0.5) is 0 Å². The molecule has 2 bridgehead atoms. The van der Waals surface area contributed by atoms with Gasteiger partial charge in [-0.2, -0.15) is 0 Å². The zero-order valence-electron chi connectivity index (χ0n) is 13.4. The molecule has 122 valence electrons. The lowest BCUT2D eigenvalue weighted by Crippen LogP contribution is -2.62. The number of nitrogens with one attached hydrogen (secondary N) is 1. The van der Waals surface area contributed by atoms with Gasteiger partial charge in [-0.1, -0.05) is 0 Å². The molecule has 1 N–H and O–H groups in total. The number of hydrogen-bond acceptors (Lipinski definition) is 5. The molecule has 2 atom stereocenters. The van der Waals surface area contributed by atoms with Crippen LogP contribution in [0.5, 0.6) is 5.88 Å². The molecule has 0 spiro atoms. The third-order valence-electron chi connectivity index (χ3n) is 5.31. The normalized spacial score (nSPS) is 29.7. The monoisotopic (exact) mass is 315 g/mol. The van der Waals surface area contributed by atoms with Crippen molar-refractivity contribution in [2.24, 2.45) is 5.92 Å². The van der Waals surface area contributed by atoms with Crippen molar-refractivity contribution >= 4 is 16.9 Å². The second kappa shape index (κ2) is 5.53. The summed E-state index contributed by atoms with van der Waals surface area (Å²) in [4.78, 5) is 19.4. The largest absolute Gasteiger partial charge is 0.478 e. The summed E-state index contributed by atoms with van der Waals surface area (Å²) in [7, 11) is 1.53. The van der Waals surface area contributed by atoms with Crippen molar-refractivity contribution in [3.05, 3.63) is 24.1 Å². The van der Waals surface area contributed by atoms with Gasteiger partial charge < -0.3 is 14.5 Å². The van der Waals surface area contributed by atoms with Gasteiger partial charge >= 0.3 is 0 Å². The molecule has 3 aliphatic heterocycles. The Morgan fingerprint density at radius 1 is 1.43 bits per heavy atom. The quantitative estimate of drug-likeness (QED) is 0.939. The third-order valence-corrected chi connectivity index (χ3v) is 5.31. The Balaban J connectivity index is 1.59. The third kappa shape index (κ3) is 2.37. The van der Waals surface area contributed by atoms with Crippen LogP contribution in [0.2, 0.25) is 0 Å². The van der Waals surface area contributed by atoms with E-state index in [1.54, 1.807) is 12.3 Å². The SMILES string of the molecule is COc1nc(C(=O)N[C@@H]2C3CCN(CC3)[C@H]2C)cc2ccoc12. The van der Waals surface area contributed by atoms with E-state index in [0.29, 0.717) is 29.1 Å². The van der Waals surface area contributed by atoms with Gasteiger partial charge in [0.2, 0.25) is 0 Å². The van der Waals surface area contributed by atoms with Crippen molar-refractivity contribution in [1.82, 2.24) is 15.2 Å². The van der Waals surface area contributed by atoms with E-state index >= 15 is 0 Å². The van der Waals surface area contributed by atoms with Crippen molar-refractivity contribution in [1.29, 1.82) is 0 Å². The number of hydrogen-bond donors (Lipinski definition) is 1. The summed E-state index contributed by atoms with van der Waals surface area (Å²) in [6.45, 7) is 4.49. The number of fused-ring (bicyclic) bond motifs is 4. The van der Waals surface area contributed by atoms with Gasteiger partial charge in [-0.25, -0.2) is 4.98 Å². The number of rotatable bonds is 3. The van der Waals surface area contributed by atoms with Crippen LogP contribution < -0.4 is 10.1 Å². The first kappa shape index (κ1) is 14.5. The summed E-state index contributed by atoms with van der Waals surface area (Å²) in [5, 5.41) is 4.02. The van der Waals surface area contributed by atoms with E-state index in [1.165, 1.54) is 7.11 Å². The second-order valence-electron chi connectivity index (χ2n) is 6.47. The smallest absolute Gasteiger partial charge is 0.270 e. The molecule has 3 aliphatic rings. The Morgan fingerprint density at radius 3 is 2.91 bits per heavy atom. The van der Waals surface area contributed by atoms with Crippen LogP contribution in [0, 0.1) is 5.92 Å². The molecule has 0 aromatic carbocycles. The molecule has 3 saturated heterocycles. The standard InChI is InChI=1S/C17H21N3O3/c1-10-14(11-3-6-20(10)7-4-11)19-16(21)13-9-12-5-8-23-15(12)17(18-13)22-2/h5,8-11,14H,3-4,6-7H2,1-2H3,(H,19,21)/t10-,14-/m0/s1. The van der Waals surface area contributed by atoms with E-state index in [1.807, 2.05) is 6.07 Å². The highest BCUT2D eigenvalue weighted by Crippen LogP contribution is 2.32. The van der Waals surface area contributed by atoms with Gasteiger partial charge in [0.05, 0.1) is 13.4 Å². The molecule has 6 nitrogen and oxygen atoms in total. The second-order valence-corrected chi connectivity index (χ2v) is 6.47. The van der Waals surface area contributed by atoms with Crippen molar-refractivity contribution < 1.29 is 13.9 Å². The fourth-order valence-electron chi connectivity index (χ4n) is 3.97. The molecule has 2 aromatic heterocycles. The van der Waals surface area contributed by atoms with Crippen LogP contribution in [0.1, 0.15) is 30.3 Å². The number of aromatic nitrogens is 1. The molecular weight excluding hydrogens is 294 g/mol. The fraction of sp³-hybridized carbons (Fsp3) is 0.529. The van der Waals surface area contributed by atoms with Crippen LogP contribution in [0.25, 0.3) is 11.0 Å². The number of carbonyl (C=O) groups is 1. The first-order valence-electron chi connectivity index (χ1n) is 8.14. The van der Waals surface area contributed by atoms with Crippen LogP contribution in [-0.4, -0.2) is 48.1 Å². The molecule has 0 unspecified atom stereocenters. The van der Waals surface area contributed by atoms with Crippen LogP contribution in [0.3, 0.4) is 0 Å². The summed E-state index contributed by atoms with van der Waals surface area (Å²) < 4.78 is 10.6. The molecule has 0 radical (unpaired) electrons. The molecule has 3 fully saturated rings. The minimum atomic E-state index is -0.142. The Morgan fingerprint density at radius 2 is 2.22 bits per heavy atom. The number of furan rings is 1. The molecule has 5 heterocycles. The molecule has 0 aliphatic carbocycles. The summed E-state index contributed by atoms with van der Waals surface area (Å²) in [5.41, 5.74) is 0.944. The lowest BCUT2D eigenvalue weighted by atomic mass is 9.79. The number of methoxy groups -OCH3 is 1. The number of amides is 1. The minimum absolute atomic E-state index is 0.142. The average Bonchev–Trinajstić information content (AvgIpc) is 3.06. The van der Waals surface area contributed by atoms with Gasteiger partial charge in [-0.15, -0.1) is 0 Å². The first-order valence-corrected chi connectivity index (χ1v) is 8.14. The van der Waals surface area contributed by atoms with E-state index in [0.717, 1.165) is 31.3 Å². The Bertz CT molecular complexity index is 732. The molecular formula is C17H21N3O3. The molecule has 5 rings (SSSR count). The maximum absolute atomic E-state index is 12.7. The maximum atomic E-state index is 12.7. The molecule has 1 amide bonds. The highest BCUT2D eigenvalue weighted by Gasteiger charge is 2.40. The average molecular weight is 315 g/mol. The summed E-state index contributed by atoms with van der Waals surface area (Å²) in [6.07, 6.45) is 3.89. The summed E-state index contributed by atoms with van der Waals surface area (Å²) in [6, 6.07) is 4.14. The van der Waals surface area contributed by atoms with Gasteiger partial charge in [0, 0.05) is 17.5 Å². The van der Waals surface area contributed by atoms with E-state index in [4.69, 9.17) is 9.15 Å². The number of piperidine rings is 3. The van der Waals surface area contributed by atoms with Crippen molar-refractivity contribution in [2.45, 2.75) is 31.8 Å². The topological polar surface area (TPSA) is 67.6 Å². The van der Waals surface area contributed by atoms with Gasteiger partial charge in [0.15, 0.2) is 5.58 Å². The summed E-state index contributed by atoms with van der Waals surface area (Å²) >= 11 is 0. The Labute approximate surface area is 134 Å². The van der Waals surface area contributed by atoms with Crippen molar-refractivity contribution in [2.75, 3.05) is 20.2 Å². The minimum Gasteiger partial charge on any atom is -0.478 e. The molecule has 23 heavy (non-hydrogen) atoms. The number of nitrogens with zero attached hydrogens (tertiary/aromatic N) is 2. The maximum Gasteiger partial charge on any atom is 0.270 e. The van der Waals surface area contributed by atoms with E-state index in [9.17, 15) is 4.79 Å². The van der Waals surface area contributed by atoms with Gasteiger partial charge in [-0.3, -0.25) is 9.69 Å². The number of pyridine rings is 1. The van der Waals surface area contributed by atoms with Gasteiger partial charge in [0.25, 0.3) is 11.8 Å². The van der Waals surface area contributed by atoms with Gasteiger partial charge in [0.1, 0.15) is 5.69 Å². The fourth-order valence-corrected chi connectivity index (χ4v) is 3.97. The molecule has 2 aromatic rings. The van der Waals surface area contributed by atoms with E-state index < -0.39 is 0 Å². The zero-order chi connectivity index (χ0) is 16.0. The van der Waals surface area contributed by atoms with Crippen molar-refractivity contribution in [3.63, 3.8) is 0 Å². The molecule has 6 heteroatoms. The lowest BCUT2D eigenvalue weighted by Gasteiger charge is -2.49. The van der Waals surface area contributed by atoms with Gasteiger partial charge in [-0.05, 0) is 50.9 Å². The van der Waals surface area contributed by atoms with Crippen LogP contribution in [-0.2, 0) is 0 Å². The first-order chi connectivity index (χ1) is 11.2. The Hall–Kier alpha value is -2.08. The van der Waals surface area contributed by atoms with E-state index in [-0.39, 0.29) is 11.9 Å². The molecule has 0 saturated carbocycles. The highest BCUT2D eigenvalue weighted by atomic mass is 16.5. The van der Waals surface area contributed by atoms with Crippen molar-refractivity contribution in [3.8, 4) is 5.88 Å². The van der Waals surface area contributed by atoms with E-state index in [2.05, 4.69) is 22.1 Å². The van der Waals surface area contributed by atoms with Crippen LogP contribution in [0.15, 0.2) is 22.8 Å². The predicted octanol–water partition coefficient (Wildman–Crippen LogP) is 2.05. The Kier molecular flexibility index (Phi) is 3.49. The van der Waals surface area contributed by atoms with Crippen LogP contribution >= 0.6 is 0 Å². The zero-order valence-corrected chi connectivity index (χ0v) is 13.4. The number of ether oxygens (including phenoxy) is 1. The predicted molar refractivity (Wildman–Crippen MR) is 85.6 cm³/mol. The summed E-state index contributed by atoms with van der Waals surface area (Å²) in [5.74, 6) is 0.773. The highest BCUT2D eigenvalue weighted by molar-refractivity contribution is 5.97. The lowest BCUT2D eigenvalue weighted by molar-refractivity contribution is 0.0216.